The number of likely N-dealkylation sites (tertiary alicyclic amines) is 2. The van der Waals surface area contributed by atoms with Crippen molar-refractivity contribution in [2.45, 2.75) is 124 Å². The summed E-state index contributed by atoms with van der Waals surface area (Å²) < 4.78 is 6.39. The maximum Gasteiger partial charge on any atom is 0.253 e. The molecule has 0 spiro atoms. The number of hydrogen-bond acceptors (Lipinski definition) is 13. The van der Waals surface area contributed by atoms with Crippen molar-refractivity contribution in [1.29, 1.82) is 5.26 Å². The topological polar surface area (TPSA) is 196 Å². The molecule has 0 radical (unpaired) electrons. The van der Waals surface area contributed by atoms with Crippen LogP contribution in [0.2, 0.25) is 5.02 Å². The first-order valence-electron chi connectivity index (χ1n) is 26.4. The minimum atomic E-state index is -0.886. The van der Waals surface area contributed by atoms with Gasteiger partial charge >= 0.3 is 0 Å². The number of thiazole rings is 1. The van der Waals surface area contributed by atoms with E-state index >= 15 is 0 Å². The molecule has 16 nitrogen and oxygen atoms in total. The second-order valence-electron chi connectivity index (χ2n) is 23.4. The highest BCUT2D eigenvalue weighted by Crippen LogP contribution is 2.55. The lowest BCUT2D eigenvalue weighted by atomic mass is 9.49. The number of piperazine rings is 1. The van der Waals surface area contributed by atoms with Gasteiger partial charge in [0.2, 0.25) is 17.7 Å². The Morgan fingerprint density at radius 2 is 1.63 bits per heavy atom. The molecule has 0 bridgehead atoms. The number of amides is 4. The SMILES string of the molecule is Cc1ncsc1-c1ccc([C@H](C)NC(=O)[C@@H]2C[C@@H](O)CN2C(=O)[C@@H](NC(=O)CN2CCC(CCN3CCN(c4ccc(C(=O)NC5C(C)(C)C(Oc6ccc(C#N)c(Cl)c6)C5(C)C)cn4)CC3)CC2)C(C)(C)C)cc1. The first-order chi connectivity index (χ1) is 35.5. The number of aromatic nitrogens is 2. The fourth-order valence-corrected chi connectivity index (χ4v) is 13.0. The van der Waals surface area contributed by atoms with E-state index in [9.17, 15) is 29.5 Å². The summed E-state index contributed by atoms with van der Waals surface area (Å²) in [6.45, 7) is 24.3. The van der Waals surface area contributed by atoms with E-state index < -0.39 is 23.6 Å². The lowest BCUT2D eigenvalue weighted by Crippen LogP contribution is -2.74. The van der Waals surface area contributed by atoms with Gasteiger partial charge in [-0.25, -0.2) is 9.97 Å². The molecular formula is C57H75ClN10O6S. The first-order valence-corrected chi connectivity index (χ1v) is 27.7. The number of nitrogens with zero attached hydrogens (tertiary/aromatic N) is 7. The van der Waals surface area contributed by atoms with Crippen molar-refractivity contribution < 1.29 is 29.0 Å². The minimum Gasteiger partial charge on any atom is -0.489 e. The predicted octanol–water partition coefficient (Wildman–Crippen LogP) is 7.24. The number of carbonyl (C=O) groups excluding carboxylic acids is 4. The van der Waals surface area contributed by atoms with Gasteiger partial charge in [0.1, 0.15) is 35.8 Å². The zero-order valence-electron chi connectivity index (χ0n) is 45.0. The highest BCUT2D eigenvalue weighted by molar-refractivity contribution is 7.13. The molecule has 18 heteroatoms. The largest absolute Gasteiger partial charge is 0.489 e. The number of aliphatic hydroxyl groups is 1. The molecule has 1 aliphatic carbocycles. The Labute approximate surface area is 451 Å². The van der Waals surface area contributed by atoms with E-state index in [2.05, 4.69) is 69.4 Å². The fraction of sp³-hybridized carbons (Fsp3) is 0.561. The minimum absolute atomic E-state index is 0.0193. The second-order valence-corrected chi connectivity index (χ2v) is 24.7. The number of nitrogens with one attached hydrogen (secondary N) is 3. The van der Waals surface area contributed by atoms with Crippen LogP contribution in [-0.4, -0.2) is 143 Å². The van der Waals surface area contributed by atoms with Gasteiger partial charge in [0.25, 0.3) is 5.91 Å². The van der Waals surface area contributed by atoms with Gasteiger partial charge in [-0.1, -0.05) is 84.3 Å². The van der Waals surface area contributed by atoms with Crippen molar-refractivity contribution in [1.82, 2.24) is 40.6 Å². The number of piperidine rings is 1. The molecule has 402 valence electrons. The molecule has 4 aromatic rings. The predicted molar refractivity (Wildman–Crippen MR) is 292 cm³/mol. The Kier molecular flexibility index (Phi) is 17.0. The Hall–Kier alpha value is -5.64. The van der Waals surface area contributed by atoms with E-state index in [0.29, 0.717) is 27.8 Å². The van der Waals surface area contributed by atoms with Crippen LogP contribution in [0.4, 0.5) is 5.82 Å². The van der Waals surface area contributed by atoms with E-state index in [-0.39, 0.29) is 72.2 Å². The molecular weight excluding hydrogens is 988 g/mol. The van der Waals surface area contributed by atoms with Gasteiger partial charge in [-0.3, -0.25) is 29.0 Å². The summed E-state index contributed by atoms with van der Waals surface area (Å²) in [7, 11) is 0. The number of pyridine rings is 1. The van der Waals surface area contributed by atoms with Gasteiger partial charge in [0, 0.05) is 68.3 Å². The van der Waals surface area contributed by atoms with Gasteiger partial charge in [0.05, 0.1) is 50.9 Å². The number of nitriles is 1. The molecule has 75 heavy (non-hydrogen) atoms. The number of ether oxygens (including phenoxy) is 1. The number of β-amino-alcohol motifs (C(OH)–C–C–N with tert-alkyl or cyclic N) is 1. The van der Waals surface area contributed by atoms with E-state index in [4.69, 9.17) is 21.3 Å². The van der Waals surface area contributed by atoms with E-state index in [1.165, 1.54) is 4.90 Å². The third-order valence-corrected chi connectivity index (χ3v) is 17.4. The summed E-state index contributed by atoms with van der Waals surface area (Å²) >= 11 is 7.86. The second kappa shape index (κ2) is 22.9. The van der Waals surface area contributed by atoms with Crippen molar-refractivity contribution in [2.24, 2.45) is 22.2 Å². The van der Waals surface area contributed by atoms with Crippen molar-refractivity contribution in [3.05, 3.63) is 93.7 Å². The van der Waals surface area contributed by atoms with Crippen LogP contribution in [0.15, 0.2) is 66.3 Å². The van der Waals surface area contributed by atoms with Gasteiger partial charge in [-0.15, -0.1) is 11.3 Å². The van der Waals surface area contributed by atoms with Crippen molar-refractivity contribution in [3.63, 3.8) is 0 Å². The monoisotopic (exact) mass is 1060 g/mol. The van der Waals surface area contributed by atoms with Crippen LogP contribution < -0.4 is 25.6 Å². The number of aryl methyl sites for hydroxylation is 1. The number of halogens is 1. The van der Waals surface area contributed by atoms with E-state index in [0.717, 1.165) is 92.6 Å². The fourth-order valence-electron chi connectivity index (χ4n) is 11.9. The first kappa shape index (κ1) is 55.6. The van der Waals surface area contributed by atoms with Crippen LogP contribution >= 0.6 is 22.9 Å². The summed E-state index contributed by atoms with van der Waals surface area (Å²) in [6.07, 6.45) is 3.80. The zero-order valence-corrected chi connectivity index (χ0v) is 46.6. The normalized spacial score (nSPS) is 22.9. The number of anilines is 1. The van der Waals surface area contributed by atoms with Crippen molar-refractivity contribution in [2.75, 3.05) is 63.8 Å². The van der Waals surface area contributed by atoms with Crippen LogP contribution in [0.25, 0.3) is 10.4 Å². The average molecular weight is 1060 g/mol. The Balaban J connectivity index is 0.743. The summed E-state index contributed by atoms with van der Waals surface area (Å²) in [5.41, 5.74) is 4.27. The van der Waals surface area contributed by atoms with E-state index in [1.54, 1.807) is 35.7 Å². The van der Waals surface area contributed by atoms with Crippen molar-refractivity contribution >= 4 is 52.4 Å². The van der Waals surface area contributed by atoms with Crippen LogP contribution in [0, 0.1) is 40.4 Å². The summed E-state index contributed by atoms with van der Waals surface area (Å²) in [4.78, 5) is 73.8. The number of benzene rings is 2. The van der Waals surface area contributed by atoms with Crippen LogP contribution in [-0.2, 0) is 14.4 Å². The highest BCUT2D eigenvalue weighted by atomic mass is 35.5. The highest BCUT2D eigenvalue weighted by Gasteiger charge is 2.64. The third kappa shape index (κ3) is 12.6. The number of rotatable bonds is 16. The molecule has 0 unspecified atom stereocenters. The standard InChI is InChI=1S/C57H75ClN10O6S/c1-35(38-10-12-39(13-11-38)48-36(2)61-34-75-48)62-51(72)45-28-42(69)32-68(45)52(73)49(55(3,4)5)63-47(70)33-66-22-19-37(20-23-66)18-21-65-24-26-67(27-25-65)46-17-15-41(31-60-46)50(71)64-53-56(6,7)54(57(53,8)9)74-43-16-14-40(30-59)44(58)29-43/h10-17,29,31,34-35,37,42,45,49,53-54,69H,18-28,32-33H2,1-9H3,(H,62,72)(H,63,70)(H,64,71)/t35-,42+,45-,49+,53?,54?/m0/s1. The lowest BCUT2D eigenvalue weighted by Gasteiger charge is -2.63. The molecule has 1 saturated carbocycles. The van der Waals surface area contributed by atoms with E-state index in [1.807, 2.05) is 76.5 Å². The number of aliphatic hydroxyl groups excluding tert-OH is 1. The summed E-state index contributed by atoms with van der Waals surface area (Å²) in [6, 6.07) is 16.7. The molecule has 2 aromatic carbocycles. The Morgan fingerprint density at radius 3 is 2.23 bits per heavy atom. The quantitative estimate of drug-likeness (QED) is 0.0880. The Morgan fingerprint density at radius 1 is 0.933 bits per heavy atom. The summed E-state index contributed by atoms with van der Waals surface area (Å²) in [5, 5.41) is 29.7. The van der Waals surface area contributed by atoms with Gasteiger partial charge in [-0.2, -0.15) is 5.26 Å². The maximum atomic E-state index is 14.3. The molecule has 4 N–H and O–H groups in total. The Bertz CT molecular complexity index is 2710. The molecule has 2 aromatic heterocycles. The lowest BCUT2D eigenvalue weighted by molar-refractivity contribution is -0.164. The molecule has 4 fully saturated rings. The zero-order chi connectivity index (χ0) is 54.0. The maximum absolute atomic E-state index is 14.3. The third-order valence-electron chi connectivity index (χ3n) is 16.1. The number of carbonyl (C=O) groups is 4. The molecule has 3 saturated heterocycles. The molecule has 3 aliphatic heterocycles. The van der Waals surface area contributed by atoms with Crippen LogP contribution in [0.5, 0.6) is 5.75 Å². The van der Waals surface area contributed by atoms with Gasteiger partial charge in [-0.05, 0) is 99.5 Å². The molecule has 8 rings (SSSR count). The smallest absolute Gasteiger partial charge is 0.253 e. The number of hydrogen-bond donors (Lipinski definition) is 4. The summed E-state index contributed by atoms with van der Waals surface area (Å²) in [5.74, 6) is 0.890. The molecule has 5 heterocycles. The molecule has 4 aliphatic rings. The van der Waals surface area contributed by atoms with Gasteiger partial charge < -0.3 is 35.6 Å². The average Bonchev–Trinajstić information content (AvgIpc) is 4.00. The van der Waals surface area contributed by atoms with Crippen LogP contribution in [0.3, 0.4) is 0 Å². The van der Waals surface area contributed by atoms with Crippen LogP contribution in [0.1, 0.15) is 114 Å². The molecule has 4 atom stereocenters. The van der Waals surface area contributed by atoms with Crippen molar-refractivity contribution in [3.8, 4) is 22.3 Å². The molecule has 4 amide bonds. The van der Waals surface area contributed by atoms with Gasteiger partial charge in [0.15, 0.2) is 0 Å².